The van der Waals surface area contributed by atoms with Crippen LogP contribution < -0.4 is 15.1 Å². The first kappa shape index (κ1) is 23.2. The van der Waals surface area contributed by atoms with Crippen LogP contribution in [0.5, 0.6) is 0 Å². The summed E-state index contributed by atoms with van der Waals surface area (Å²) in [6.45, 7) is 3.70. The predicted octanol–water partition coefficient (Wildman–Crippen LogP) is 3.77. The summed E-state index contributed by atoms with van der Waals surface area (Å²) in [6, 6.07) is 16.8. The molecule has 2 saturated heterocycles. The van der Waals surface area contributed by atoms with Gasteiger partial charge in [-0.15, -0.1) is 0 Å². The van der Waals surface area contributed by atoms with Crippen LogP contribution in [-0.2, 0) is 10.3 Å². The SMILES string of the molecule is CN(C)[C@]1(c2ccccc2)CC[C@]2(CC1)CN(c1ccc3nc(N4CCOCC4)ncc3c1)C(=O)N2. The molecular formula is C28H34N6O2. The fraction of sp³-hybridized carbons (Fsp3) is 0.464. The third kappa shape index (κ3) is 3.98. The normalized spacial score (nSPS) is 26.7. The zero-order chi connectivity index (χ0) is 24.8. The summed E-state index contributed by atoms with van der Waals surface area (Å²) < 4.78 is 5.44. The van der Waals surface area contributed by atoms with E-state index in [0.717, 1.165) is 61.3 Å². The quantitative estimate of drug-likeness (QED) is 0.605. The van der Waals surface area contributed by atoms with E-state index in [2.05, 4.69) is 64.5 Å². The highest BCUT2D eigenvalue weighted by Gasteiger charge is 2.50. The van der Waals surface area contributed by atoms with Crippen molar-refractivity contribution in [3.8, 4) is 0 Å². The minimum absolute atomic E-state index is 0.00311. The number of urea groups is 1. The highest BCUT2D eigenvalue weighted by atomic mass is 16.5. The Morgan fingerprint density at radius 1 is 1.00 bits per heavy atom. The van der Waals surface area contributed by atoms with E-state index < -0.39 is 0 Å². The topological polar surface area (TPSA) is 73.8 Å². The zero-order valence-corrected chi connectivity index (χ0v) is 21.1. The Balaban J connectivity index is 1.20. The molecule has 1 aromatic heterocycles. The monoisotopic (exact) mass is 486 g/mol. The third-order valence-electron chi connectivity index (χ3n) is 8.44. The molecule has 3 fully saturated rings. The number of ether oxygens (including phenoxy) is 1. The number of amides is 2. The average Bonchev–Trinajstić information content (AvgIpc) is 3.25. The van der Waals surface area contributed by atoms with Crippen LogP contribution in [0.4, 0.5) is 16.4 Å². The van der Waals surface area contributed by atoms with Gasteiger partial charge in [0.25, 0.3) is 0 Å². The summed E-state index contributed by atoms with van der Waals surface area (Å²) >= 11 is 0. The van der Waals surface area contributed by atoms with Crippen molar-refractivity contribution in [2.45, 2.75) is 36.8 Å². The summed E-state index contributed by atoms with van der Waals surface area (Å²) in [4.78, 5) is 28.9. The number of nitrogens with zero attached hydrogens (tertiary/aromatic N) is 5. The Bertz CT molecular complexity index is 1250. The van der Waals surface area contributed by atoms with E-state index in [1.54, 1.807) is 0 Å². The molecule has 36 heavy (non-hydrogen) atoms. The van der Waals surface area contributed by atoms with Crippen LogP contribution in [0.2, 0.25) is 0 Å². The van der Waals surface area contributed by atoms with E-state index in [4.69, 9.17) is 9.72 Å². The van der Waals surface area contributed by atoms with Crippen molar-refractivity contribution in [3.63, 3.8) is 0 Å². The Morgan fingerprint density at radius 2 is 1.75 bits per heavy atom. The Morgan fingerprint density at radius 3 is 2.47 bits per heavy atom. The van der Waals surface area contributed by atoms with Crippen LogP contribution in [0.25, 0.3) is 10.9 Å². The van der Waals surface area contributed by atoms with Crippen LogP contribution in [0, 0.1) is 0 Å². The third-order valence-corrected chi connectivity index (χ3v) is 8.44. The number of fused-ring (bicyclic) bond motifs is 1. The Labute approximate surface area is 212 Å². The molecule has 2 amide bonds. The predicted molar refractivity (Wildman–Crippen MR) is 141 cm³/mol. The standard InChI is InChI=1S/C28H34N6O2/c1-32(2)28(22-6-4-3-5-7-22)12-10-27(11-13-28)20-34(26(35)31-27)23-8-9-24-21(18-23)19-29-25(30-24)33-14-16-36-17-15-33/h3-9,18-19H,10-17,20H2,1-2H3,(H,31,35)/t27-,28+. The molecular weight excluding hydrogens is 452 g/mol. The molecule has 2 aromatic carbocycles. The van der Waals surface area contributed by atoms with Crippen molar-refractivity contribution in [2.75, 3.05) is 56.7 Å². The van der Waals surface area contributed by atoms with Crippen molar-refractivity contribution in [1.29, 1.82) is 0 Å². The molecule has 0 bridgehead atoms. The molecule has 0 atom stereocenters. The maximum atomic E-state index is 13.2. The van der Waals surface area contributed by atoms with Crippen LogP contribution in [0.3, 0.4) is 0 Å². The molecule has 3 aromatic rings. The van der Waals surface area contributed by atoms with Gasteiger partial charge in [-0.25, -0.2) is 14.8 Å². The van der Waals surface area contributed by atoms with Gasteiger partial charge in [0.05, 0.1) is 30.8 Å². The molecule has 6 rings (SSSR count). The van der Waals surface area contributed by atoms with Gasteiger partial charge < -0.3 is 15.0 Å². The maximum absolute atomic E-state index is 13.2. The molecule has 0 radical (unpaired) electrons. The van der Waals surface area contributed by atoms with Gasteiger partial charge in [0.2, 0.25) is 5.95 Å². The number of morpholine rings is 1. The average molecular weight is 487 g/mol. The summed E-state index contributed by atoms with van der Waals surface area (Å²) in [5.74, 6) is 0.737. The van der Waals surface area contributed by atoms with E-state index in [-0.39, 0.29) is 17.1 Å². The largest absolute Gasteiger partial charge is 0.378 e. The van der Waals surface area contributed by atoms with Crippen molar-refractivity contribution in [1.82, 2.24) is 20.2 Å². The number of aromatic nitrogens is 2. The molecule has 0 unspecified atom stereocenters. The minimum Gasteiger partial charge on any atom is -0.378 e. The molecule has 1 aliphatic carbocycles. The number of benzene rings is 2. The van der Waals surface area contributed by atoms with Crippen molar-refractivity contribution >= 4 is 28.6 Å². The first-order valence-electron chi connectivity index (χ1n) is 12.9. The maximum Gasteiger partial charge on any atom is 0.322 e. The first-order valence-corrected chi connectivity index (χ1v) is 12.9. The van der Waals surface area contributed by atoms with E-state index in [1.807, 2.05) is 29.3 Å². The highest BCUT2D eigenvalue weighted by molar-refractivity contribution is 5.97. The molecule has 1 N–H and O–H groups in total. The second-order valence-corrected chi connectivity index (χ2v) is 10.6. The van der Waals surface area contributed by atoms with Gasteiger partial charge in [0.15, 0.2) is 0 Å². The van der Waals surface area contributed by atoms with E-state index in [1.165, 1.54) is 5.56 Å². The molecule has 8 nitrogen and oxygen atoms in total. The van der Waals surface area contributed by atoms with Crippen molar-refractivity contribution < 1.29 is 9.53 Å². The van der Waals surface area contributed by atoms with Gasteiger partial charge in [-0.05, 0) is 63.5 Å². The first-order chi connectivity index (χ1) is 17.5. The van der Waals surface area contributed by atoms with Gasteiger partial charge in [0, 0.05) is 35.9 Å². The van der Waals surface area contributed by atoms with Gasteiger partial charge in [-0.2, -0.15) is 0 Å². The molecule has 3 heterocycles. The molecule has 2 aliphatic heterocycles. The van der Waals surface area contributed by atoms with E-state index in [9.17, 15) is 4.79 Å². The number of carbonyl (C=O) groups excluding carboxylic acids is 1. The molecule has 8 heteroatoms. The van der Waals surface area contributed by atoms with Gasteiger partial charge in [-0.1, -0.05) is 30.3 Å². The minimum atomic E-state index is -0.197. The van der Waals surface area contributed by atoms with Gasteiger partial charge in [0.1, 0.15) is 0 Å². The molecule has 1 saturated carbocycles. The second kappa shape index (κ2) is 9.01. The highest BCUT2D eigenvalue weighted by Crippen LogP contribution is 2.46. The molecule has 188 valence electrons. The lowest BCUT2D eigenvalue weighted by Gasteiger charge is -2.48. The second-order valence-electron chi connectivity index (χ2n) is 10.6. The lowest BCUT2D eigenvalue weighted by molar-refractivity contribution is 0.0658. The molecule has 1 spiro atoms. The van der Waals surface area contributed by atoms with Crippen LogP contribution in [0.1, 0.15) is 31.2 Å². The summed E-state index contributed by atoms with van der Waals surface area (Å²) in [5, 5.41) is 4.31. The molecule has 3 aliphatic rings. The number of nitrogens with one attached hydrogen (secondary N) is 1. The summed E-state index contributed by atoms with van der Waals surface area (Å²) in [7, 11) is 4.35. The summed E-state index contributed by atoms with van der Waals surface area (Å²) in [6.07, 6.45) is 5.78. The number of hydrogen-bond donors (Lipinski definition) is 1. The number of anilines is 2. The number of hydrogen-bond acceptors (Lipinski definition) is 6. The fourth-order valence-corrected chi connectivity index (χ4v) is 6.18. The zero-order valence-electron chi connectivity index (χ0n) is 21.1. The van der Waals surface area contributed by atoms with Crippen molar-refractivity contribution in [3.05, 3.63) is 60.3 Å². The smallest absolute Gasteiger partial charge is 0.322 e. The van der Waals surface area contributed by atoms with Crippen molar-refractivity contribution in [2.24, 2.45) is 0 Å². The van der Waals surface area contributed by atoms with Gasteiger partial charge in [-0.3, -0.25) is 9.80 Å². The fourth-order valence-electron chi connectivity index (χ4n) is 6.18. The van der Waals surface area contributed by atoms with Crippen LogP contribution in [-0.4, -0.2) is 73.4 Å². The lowest BCUT2D eigenvalue weighted by atomic mass is 9.69. The van der Waals surface area contributed by atoms with Crippen LogP contribution >= 0.6 is 0 Å². The Hall–Kier alpha value is -3.23. The summed E-state index contributed by atoms with van der Waals surface area (Å²) in [5.41, 5.74) is 2.95. The van der Waals surface area contributed by atoms with Gasteiger partial charge >= 0.3 is 6.03 Å². The number of carbonyl (C=O) groups is 1. The Kier molecular flexibility index (Phi) is 5.80. The van der Waals surface area contributed by atoms with Crippen LogP contribution in [0.15, 0.2) is 54.7 Å². The van der Waals surface area contributed by atoms with E-state index in [0.29, 0.717) is 19.8 Å². The number of rotatable bonds is 4. The van der Waals surface area contributed by atoms with E-state index >= 15 is 0 Å². The lowest BCUT2D eigenvalue weighted by Crippen LogP contribution is -2.54.